The van der Waals surface area contributed by atoms with Crippen molar-refractivity contribution in [3.63, 3.8) is 0 Å². The van der Waals surface area contributed by atoms with Crippen molar-refractivity contribution in [2.24, 2.45) is 0 Å². The van der Waals surface area contributed by atoms with Crippen molar-refractivity contribution < 1.29 is 4.74 Å². The normalized spacial score (nSPS) is 18.3. The highest BCUT2D eigenvalue weighted by atomic mass is 32.2. The molecule has 3 heteroatoms. The average Bonchev–Trinajstić information content (AvgIpc) is 2.92. The van der Waals surface area contributed by atoms with Gasteiger partial charge < -0.3 is 10.1 Å². The van der Waals surface area contributed by atoms with E-state index < -0.39 is 0 Å². The maximum Gasteiger partial charge on any atom is 0.119 e. The van der Waals surface area contributed by atoms with Gasteiger partial charge in [-0.2, -0.15) is 0 Å². The quantitative estimate of drug-likeness (QED) is 0.873. The molecule has 3 rings (SSSR count). The molecule has 0 spiro atoms. The molecule has 21 heavy (non-hydrogen) atoms. The second-order valence-corrected chi connectivity index (χ2v) is 6.35. The standard InChI is InChI=1S/C18H21NOS/c1-3-20-15-10-8-14(9-11-15)13(2)19-17-12-21-18-7-5-4-6-16(17)18/h4-11,13,17,19H,3,12H2,1-2H3. The van der Waals surface area contributed by atoms with Gasteiger partial charge in [-0.1, -0.05) is 30.3 Å². The monoisotopic (exact) mass is 299 g/mol. The Morgan fingerprint density at radius 3 is 2.71 bits per heavy atom. The largest absolute Gasteiger partial charge is 0.494 e. The van der Waals surface area contributed by atoms with Crippen LogP contribution in [0.25, 0.3) is 0 Å². The molecule has 0 aliphatic carbocycles. The highest BCUT2D eigenvalue weighted by Crippen LogP contribution is 2.38. The molecule has 1 N–H and O–H groups in total. The van der Waals surface area contributed by atoms with Crippen LogP contribution in [0.2, 0.25) is 0 Å². The summed E-state index contributed by atoms with van der Waals surface area (Å²) in [5.41, 5.74) is 2.73. The summed E-state index contributed by atoms with van der Waals surface area (Å²) in [6.45, 7) is 4.94. The van der Waals surface area contributed by atoms with Gasteiger partial charge in [-0.15, -0.1) is 11.8 Å². The zero-order valence-corrected chi connectivity index (χ0v) is 13.3. The second-order valence-electron chi connectivity index (χ2n) is 5.29. The van der Waals surface area contributed by atoms with Crippen LogP contribution < -0.4 is 10.1 Å². The molecule has 0 bridgehead atoms. The summed E-state index contributed by atoms with van der Waals surface area (Å²) in [5.74, 6) is 2.05. The zero-order valence-electron chi connectivity index (χ0n) is 12.5. The third kappa shape index (κ3) is 3.25. The minimum Gasteiger partial charge on any atom is -0.494 e. The fourth-order valence-corrected chi connectivity index (χ4v) is 3.89. The number of hydrogen-bond acceptors (Lipinski definition) is 3. The van der Waals surface area contributed by atoms with E-state index >= 15 is 0 Å². The Labute approximate surface area is 130 Å². The third-order valence-corrected chi connectivity index (χ3v) is 5.03. The Kier molecular flexibility index (Phi) is 4.51. The van der Waals surface area contributed by atoms with Crippen LogP contribution in [0.4, 0.5) is 0 Å². The van der Waals surface area contributed by atoms with E-state index in [0.29, 0.717) is 18.7 Å². The molecule has 110 valence electrons. The fraction of sp³-hybridized carbons (Fsp3) is 0.333. The van der Waals surface area contributed by atoms with Crippen molar-refractivity contribution in [1.82, 2.24) is 5.32 Å². The summed E-state index contributed by atoms with van der Waals surface area (Å²) < 4.78 is 5.50. The zero-order chi connectivity index (χ0) is 14.7. The molecule has 2 unspecified atom stereocenters. The number of ether oxygens (including phenoxy) is 1. The van der Waals surface area contributed by atoms with Gasteiger partial charge in [0, 0.05) is 22.7 Å². The average molecular weight is 299 g/mol. The van der Waals surface area contributed by atoms with E-state index in [-0.39, 0.29) is 0 Å². The SMILES string of the molecule is CCOc1ccc(C(C)NC2CSc3ccccc32)cc1. The molecule has 2 aromatic rings. The van der Waals surface area contributed by atoms with Crippen LogP contribution in [0.3, 0.4) is 0 Å². The topological polar surface area (TPSA) is 21.3 Å². The van der Waals surface area contributed by atoms with Gasteiger partial charge in [0.25, 0.3) is 0 Å². The first-order valence-electron chi connectivity index (χ1n) is 7.48. The Morgan fingerprint density at radius 2 is 1.95 bits per heavy atom. The number of hydrogen-bond donors (Lipinski definition) is 1. The van der Waals surface area contributed by atoms with Gasteiger partial charge in [0.15, 0.2) is 0 Å². The Bertz CT molecular complexity index is 596. The summed E-state index contributed by atoms with van der Waals surface area (Å²) in [5, 5.41) is 3.74. The maximum atomic E-state index is 5.50. The van der Waals surface area contributed by atoms with Gasteiger partial charge in [0.2, 0.25) is 0 Å². The van der Waals surface area contributed by atoms with Crippen molar-refractivity contribution in [1.29, 1.82) is 0 Å². The van der Waals surface area contributed by atoms with Gasteiger partial charge >= 0.3 is 0 Å². The molecule has 0 aromatic heterocycles. The Hall–Kier alpha value is -1.45. The molecule has 0 fully saturated rings. The summed E-state index contributed by atoms with van der Waals surface area (Å²) in [6.07, 6.45) is 0. The van der Waals surface area contributed by atoms with Crippen LogP contribution in [0.5, 0.6) is 5.75 Å². The molecular weight excluding hydrogens is 278 g/mol. The first-order valence-corrected chi connectivity index (χ1v) is 8.47. The molecule has 0 radical (unpaired) electrons. The molecular formula is C18H21NOS. The highest BCUT2D eigenvalue weighted by Gasteiger charge is 2.23. The lowest BCUT2D eigenvalue weighted by atomic mass is 10.0. The van der Waals surface area contributed by atoms with E-state index in [1.165, 1.54) is 16.0 Å². The van der Waals surface area contributed by atoms with E-state index in [1.807, 2.05) is 30.8 Å². The molecule has 1 heterocycles. The predicted molar refractivity (Wildman–Crippen MR) is 89.1 cm³/mol. The summed E-state index contributed by atoms with van der Waals surface area (Å²) in [6, 6.07) is 17.9. The third-order valence-electron chi connectivity index (χ3n) is 3.84. The first-order chi connectivity index (χ1) is 10.3. The maximum absolute atomic E-state index is 5.50. The van der Waals surface area contributed by atoms with Crippen LogP contribution in [0.1, 0.15) is 37.1 Å². The minimum absolute atomic E-state index is 0.331. The molecule has 2 aromatic carbocycles. The smallest absolute Gasteiger partial charge is 0.119 e. The van der Waals surface area contributed by atoms with E-state index in [0.717, 1.165) is 11.5 Å². The van der Waals surface area contributed by atoms with Crippen molar-refractivity contribution in [3.05, 3.63) is 59.7 Å². The molecule has 2 nitrogen and oxygen atoms in total. The minimum atomic E-state index is 0.331. The number of thioether (sulfide) groups is 1. The number of rotatable bonds is 5. The van der Waals surface area contributed by atoms with Gasteiger partial charge in [-0.05, 0) is 43.2 Å². The van der Waals surface area contributed by atoms with Crippen LogP contribution in [-0.2, 0) is 0 Å². The van der Waals surface area contributed by atoms with Gasteiger partial charge in [0.05, 0.1) is 6.61 Å². The van der Waals surface area contributed by atoms with E-state index in [2.05, 4.69) is 48.6 Å². The second kappa shape index (κ2) is 6.54. The van der Waals surface area contributed by atoms with Crippen molar-refractivity contribution in [3.8, 4) is 5.75 Å². The van der Waals surface area contributed by atoms with Gasteiger partial charge in [-0.25, -0.2) is 0 Å². The number of fused-ring (bicyclic) bond motifs is 1. The molecule has 0 saturated heterocycles. The lowest BCUT2D eigenvalue weighted by molar-refractivity contribution is 0.340. The Morgan fingerprint density at radius 1 is 1.19 bits per heavy atom. The molecule has 0 saturated carbocycles. The van der Waals surface area contributed by atoms with Crippen molar-refractivity contribution in [2.75, 3.05) is 12.4 Å². The highest BCUT2D eigenvalue weighted by molar-refractivity contribution is 7.99. The van der Waals surface area contributed by atoms with Crippen LogP contribution in [0.15, 0.2) is 53.4 Å². The van der Waals surface area contributed by atoms with Gasteiger partial charge in [0.1, 0.15) is 5.75 Å². The summed E-state index contributed by atoms with van der Waals surface area (Å²) in [7, 11) is 0. The lowest BCUT2D eigenvalue weighted by Gasteiger charge is -2.20. The summed E-state index contributed by atoms with van der Waals surface area (Å²) >= 11 is 1.94. The first kappa shape index (κ1) is 14.5. The van der Waals surface area contributed by atoms with Gasteiger partial charge in [-0.3, -0.25) is 0 Å². The van der Waals surface area contributed by atoms with E-state index in [4.69, 9.17) is 4.74 Å². The number of nitrogens with one attached hydrogen (secondary N) is 1. The van der Waals surface area contributed by atoms with E-state index in [9.17, 15) is 0 Å². The summed E-state index contributed by atoms with van der Waals surface area (Å²) in [4.78, 5) is 1.41. The van der Waals surface area contributed by atoms with Crippen molar-refractivity contribution >= 4 is 11.8 Å². The van der Waals surface area contributed by atoms with Crippen molar-refractivity contribution in [2.45, 2.75) is 30.8 Å². The lowest BCUT2D eigenvalue weighted by Crippen LogP contribution is -2.24. The van der Waals surface area contributed by atoms with Crippen LogP contribution in [-0.4, -0.2) is 12.4 Å². The predicted octanol–water partition coefficient (Wildman–Crippen LogP) is 4.58. The van der Waals surface area contributed by atoms with E-state index in [1.54, 1.807) is 0 Å². The fourth-order valence-electron chi connectivity index (χ4n) is 2.72. The van der Waals surface area contributed by atoms with Crippen LogP contribution in [0, 0.1) is 0 Å². The number of benzene rings is 2. The molecule has 1 aliphatic rings. The molecule has 2 atom stereocenters. The van der Waals surface area contributed by atoms with Crippen LogP contribution >= 0.6 is 11.8 Å². The molecule has 1 aliphatic heterocycles. The Balaban J connectivity index is 1.68. The molecule has 0 amide bonds.